The Bertz CT molecular complexity index is 1060. The van der Waals surface area contributed by atoms with Crippen molar-refractivity contribution in [3.8, 4) is 11.5 Å². The molecule has 1 N–H and O–H groups in total. The molecule has 3 rings (SSSR count). The minimum absolute atomic E-state index is 0.0115. The van der Waals surface area contributed by atoms with E-state index in [-0.39, 0.29) is 36.0 Å². The Hall–Kier alpha value is -3.42. The van der Waals surface area contributed by atoms with Crippen molar-refractivity contribution < 1.29 is 27.8 Å². The van der Waals surface area contributed by atoms with Gasteiger partial charge < -0.3 is 19.7 Å². The molecule has 0 bridgehead atoms. The van der Waals surface area contributed by atoms with Gasteiger partial charge in [-0.15, -0.1) is 0 Å². The Morgan fingerprint density at radius 2 is 1.97 bits per heavy atom. The molecule has 6 nitrogen and oxygen atoms in total. The number of carbonyl (C=O) groups excluding carboxylic acids is 2. The van der Waals surface area contributed by atoms with E-state index in [4.69, 9.17) is 4.74 Å². The van der Waals surface area contributed by atoms with Crippen molar-refractivity contribution >= 4 is 23.6 Å². The van der Waals surface area contributed by atoms with E-state index < -0.39 is 6.61 Å². The van der Waals surface area contributed by atoms with Gasteiger partial charge in [-0.3, -0.25) is 9.59 Å². The second kappa shape index (κ2) is 11.6. The molecule has 0 aromatic heterocycles. The second-order valence-corrected chi connectivity index (χ2v) is 8.21. The van der Waals surface area contributed by atoms with Crippen molar-refractivity contribution in [1.82, 2.24) is 4.90 Å². The van der Waals surface area contributed by atoms with Crippen LogP contribution in [0.4, 0.5) is 14.5 Å². The van der Waals surface area contributed by atoms with Crippen LogP contribution in [-0.4, -0.2) is 42.5 Å². The fourth-order valence-electron chi connectivity index (χ4n) is 3.94. The quantitative estimate of drug-likeness (QED) is 0.504. The molecule has 8 heteroatoms. The molecule has 1 atom stereocenters. The van der Waals surface area contributed by atoms with Gasteiger partial charge in [0.05, 0.1) is 6.61 Å². The van der Waals surface area contributed by atoms with Gasteiger partial charge in [-0.25, -0.2) is 0 Å². The molecule has 1 unspecified atom stereocenters. The van der Waals surface area contributed by atoms with Crippen molar-refractivity contribution in [2.75, 3.05) is 18.5 Å². The number of benzene rings is 2. The van der Waals surface area contributed by atoms with E-state index >= 15 is 0 Å². The molecule has 0 spiro atoms. The van der Waals surface area contributed by atoms with Gasteiger partial charge >= 0.3 is 6.61 Å². The van der Waals surface area contributed by atoms with Crippen molar-refractivity contribution in [3.63, 3.8) is 0 Å². The number of alkyl halides is 2. The highest BCUT2D eigenvalue weighted by atomic mass is 19.3. The van der Waals surface area contributed by atoms with Crippen molar-refractivity contribution in [2.45, 2.75) is 52.7 Å². The Morgan fingerprint density at radius 1 is 1.18 bits per heavy atom. The number of ether oxygens (including phenoxy) is 2. The van der Waals surface area contributed by atoms with E-state index in [1.165, 1.54) is 18.2 Å². The molecular formula is C26H30F2N2O4. The topological polar surface area (TPSA) is 67.9 Å². The number of carbonyl (C=O) groups is 2. The first-order valence-electron chi connectivity index (χ1n) is 11.4. The number of hydrogen-bond acceptors (Lipinski definition) is 4. The summed E-state index contributed by atoms with van der Waals surface area (Å²) in [6.07, 6.45) is 6.06. The summed E-state index contributed by atoms with van der Waals surface area (Å²) in [6, 6.07) is 9.93. The molecule has 1 saturated heterocycles. The lowest BCUT2D eigenvalue weighted by Crippen LogP contribution is -2.42. The first-order valence-corrected chi connectivity index (χ1v) is 11.4. The SMILES string of the molecule is CCOc1cc(/C=C/C(=O)Nc2ccc(C(=O)N3CCCCC3C)cc2C)ccc1OC(F)F. The molecule has 1 aliphatic heterocycles. The number of hydrogen-bond donors (Lipinski definition) is 1. The van der Waals surface area contributed by atoms with Gasteiger partial charge in [0.25, 0.3) is 5.91 Å². The van der Waals surface area contributed by atoms with Crippen LogP contribution in [-0.2, 0) is 4.79 Å². The molecule has 0 aliphatic carbocycles. The number of anilines is 1. The summed E-state index contributed by atoms with van der Waals surface area (Å²) in [7, 11) is 0. The molecule has 2 aromatic carbocycles. The lowest BCUT2D eigenvalue weighted by Gasteiger charge is -2.33. The maximum absolute atomic E-state index is 12.9. The summed E-state index contributed by atoms with van der Waals surface area (Å²) in [5, 5.41) is 2.81. The summed E-state index contributed by atoms with van der Waals surface area (Å²) in [6.45, 7) is 3.73. The summed E-state index contributed by atoms with van der Waals surface area (Å²) in [5.41, 5.74) is 2.58. The molecule has 2 amide bonds. The number of likely N-dealkylation sites (tertiary alicyclic amines) is 1. The number of amides is 2. The summed E-state index contributed by atoms with van der Waals surface area (Å²) >= 11 is 0. The predicted molar refractivity (Wildman–Crippen MR) is 127 cm³/mol. The Kier molecular flexibility index (Phi) is 8.62. The van der Waals surface area contributed by atoms with Gasteiger partial charge in [-0.1, -0.05) is 6.07 Å². The van der Waals surface area contributed by atoms with Gasteiger partial charge in [0.2, 0.25) is 5.91 Å². The Labute approximate surface area is 198 Å². The smallest absolute Gasteiger partial charge is 0.387 e. The third-order valence-electron chi connectivity index (χ3n) is 5.71. The number of halogens is 2. The molecule has 1 heterocycles. The van der Waals surface area contributed by atoms with Crippen LogP contribution in [0.5, 0.6) is 11.5 Å². The van der Waals surface area contributed by atoms with E-state index in [1.807, 2.05) is 11.8 Å². The van der Waals surface area contributed by atoms with Crippen molar-refractivity contribution in [3.05, 3.63) is 59.2 Å². The molecular weight excluding hydrogens is 442 g/mol. The molecule has 1 fully saturated rings. The van der Waals surface area contributed by atoms with Gasteiger partial charge in [0.15, 0.2) is 11.5 Å². The molecule has 0 radical (unpaired) electrons. The first kappa shape index (κ1) is 25.2. The normalized spacial score (nSPS) is 16.1. The monoisotopic (exact) mass is 472 g/mol. The van der Waals surface area contributed by atoms with Crippen LogP contribution >= 0.6 is 0 Å². The molecule has 1 aliphatic rings. The van der Waals surface area contributed by atoms with Crippen molar-refractivity contribution in [2.24, 2.45) is 0 Å². The largest absolute Gasteiger partial charge is 0.490 e. The van der Waals surface area contributed by atoms with Gasteiger partial charge in [0, 0.05) is 29.9 Å². The van der Waals surface area contributed by atoms with E-state index in [0.717, 1.165) is 31.4 Å². The zero-order chi connectivity index (χ0) is 24.7. The van der Waals surface area contributed by atoms with Crippen LogP contribution in [0.1, 0.15) is 54.6 Å². The van der Waals surface area contributed by atoms with Crippen LogP contribution < -0.4 is 14.8 Å². The van der Waals surface area contributed by atoms with E-state index in [1.54, 1.807) is 37.3 Å². The van der Waals surface area contributed by atoms with Crippen LogP contribution in [0.15, 0.2) is 42.5 Å². The lowest BCUT2D eigenvalue weighted by molar-refractivity contribution is -0.111. The summed E-state index contributed by atoms with van der Waals surface area (Å²) < 4.78 is 34.9. The number of nitrogens with one attached hydrogen (secondary N) is 1. The van der Waals surface area contributed by atoms with E-state index in [0.29, 0.717) is 16.8 Å². The summed E-state index contributed by atoms with van der Waals surface area (Å²) in [5.74, 6) is -0.248. The third-order valence-corrected chi connectivity index (χ3v) is 5.71. The van der Waals surface area contributed by atoms with Crippen LogP contribution in [0.2, 0.25) is 0 Å². The summed E-state index contributed by atoms with van der Waals surface area (Å²) in [4.78, 5) is 27.2. The standard InChI is InChI=1S/C26H30F2N2O4/c1-4-33-23-16-19(8-12-22(23)34-26(27)28)9-13-24(31)29-21-11-10-20(15-17(21)2)25(32)30-14-6-5-7-18(30)3/h8-13,15-16,18,26H,4-7,14H2,1-3H3,(H,29,31)/b13-9+. The Morgan fingerprint density at radius 3 is 2.65 bits per heavy atom. The highest BCUT2D eigenvalue weighted by Gasteiger charge is 2.24. The van der Waals surface area contributed by atoms with Crippen LogP contribution in [0.25, 0.3) is 6.08 Å². The maximum atomic E-state index is 12.9. The van der Waals surface area contributed by atoms with Crippen LogP contribution in [0.3, 0.4) is 0 Å². The first-order chi connectivity index (χ1) is 16.3. The lowest BCUT2D eigenvalue weighted by atomic mass is 10.0. The minimum atomic E-state index is -2.96. The zero-order valence-electron chi connectivity index (χ0n) is 19.6. The highest BCUT2D eigenvalue weighted by molar-refractivity contribution is 6.03. The average Bonchev–Trinajstić information content (AvgIpc) is 2.80. The van der Waals surface area contributed by atoms with E-state index in [9.17, 15) is 18.4 Å². The average molecular weight is 473 g/mol. The zero-order valence-corrected chi connectivity index (χ0v) is 19.6. The fourth-order valence-corrected chi connectivity index (χ4v) is 3.94. The molecule has 182 valence electrons. The van der Waals surface area contributed by atoms with Crippen molar-refractivity contribution in [1.29, 1.82) is 0 Å². The second-order valence-electron chi connectivity index (χ2n) is 8.21. The fraction of sp³-hybridized carbons (Fsp3) is 0.385. The number of aryl methyl sites for hydroxylation is 1. The number of nitrogens with zero attached hydrogens (tertiary/aromatic N) is 1. The minimum Gasteiger partial charge on any atom is -0.490 e. The van der Waals surface area contributed by atoms with Gasteiger partial charge in [0.1, 0.15) is 0 Å². The van der Waals surface area contributed by atoms with Crippen LogP contribution in [0, 0.1) is 6.92 Å². The Balaban J connectivity index is 1.66. The molecule has 0 saturated carbocycles. The molecule has 34 heavy (non-hydrogen) atoms. The van der Waals surface area contributed by atoms with Gasteiger partial charge in [-0.2, -0.15) is 8.78 Å². The third kappa shape index (κ3) is 6.56. The highest BCUT2D eigenvalue weighted by Crippen LogP contribution is 2.30. The molecule has 2 aromatic rings. The number of piperidine rings is 1. The predicted octanol–water partition coefficient (Wildman–Crippen LogP) is 5.66. The van der Waals surface area contributed by atoms with Gasteiger partial charge in [-0.05, 0) is 87.6 Å². The van der Waals surface area contributed by atoms with E-state index in [2.05, 4.69) is 17.0 Å². The number of rotatable bonds is 8. The maximum Gasteiger partial charge on any atom is 0.387 e.